The van der Waals surface area contributed by atoms with Crippen LogP contribution in [0.4, 0.5) is 13.2 Å². The number of H-pyrrole nitrogens is 1. The predicted molar refractivity (Wildman–Crippen MR) is 56.0 cm³/mol. The van der Waals surface area contributed by atoms with Gasteiger partial charge in [-0.25, -0.2) is 9.78 Å². The Hall–Kier alpha value is -2.31. The summed E-state index contributed by atoms with van der Waals surface area (Å²) in [6, 6.07) is 3.38. The summed E-state index contributed by atoms with van der Waals surface area (Å²) in [4.78, 5) is 17.0. The number of aromatic carboxylic acids is 1. The molecule has 0 unspecified atom stereocenters. The fraction of sp³-hybridized carbons (Fsp3) is 0.0909. The highest BCUT2D eigenvalue weighted by Crippen LogP contribution is 2.38. The van der Waals surface area contributed by atoms with Gasteiger partial charge in [0.1, 0.15) is 0 Å². The molecule has 4 nitrogen and oxygen atoms in total. The minimum Gasteiger partial charge on any atom is -0.478 e. The van der Waals surface area contributed by atoms with Gasteiger partial charge in [0.15, 0.2) is 0 Å². The molecule has 0 aliphatic heterocycles. The predicted octanol–water partition coefficient (Wildman–Crippen LogP) is 2.79. The highest BCUT2D eigenvalue weighted by molar-refractivity contribution is 5.92. The van der Waals surface area contributed by atoms with Crippen molar-refractivity contribution >= 4 is 5.97 Å². The molecule has 94 valence electrons. The van der Waals surface area contributed by atoms with E-state index in [1.807, 2.05) is 0 Å². The maximum Gasteiger partial charge on any atom is 0.417 e. The molecule has 0 atom stereocenters. The standard InChI is InChI=1S/C11H7F3N2O2/c12-11(13,14)9-6(8-4-15-5-16-8)2-1-3-7(9)10(17)18/h1-5H,(H,15,16)(H,17,18). The lowest BCUT2D eigenvalue weighted by Gasteiger charge is -2.14. The molecular weight excluding hydrogens is 249 g/mol. The number of benzene rings is 1. The Bertz CT molecular complexity index is 576. The van der Waals surface area contributed by atoms with Crippen LogP contribution >= 0.6 is 0 Å². The van der Waals surface area contributed by atoms with Crippen LogP contribution in [-0.4, -0.2) is 21.0 Å². The number of aromatic nitrogens is 2. The molecule has 0 fully saturated rings. The molecule has 0 amide bonds. The van der Waals surface area contributed by atoms with Crippen LogP contribution in [0.15, 0.2) is 30.7 Å². The molecule has 1 aromatic carbocycles. The molecule has 2 rings (SSSR count). The first-order chi connectivity index (χ1) is 8.41. The van der Waals surface area contributed by atoms with Crippen molar-refractivity contribution in [3.63, 3.8) is 0 Å². The third kappa shape index (κ3) is 2.06. The number of aromatic amines is 1. The molecule has 0 radical (unpaired) electrons. The van der Waals surface area contributed by atoms with E-state index in [0.29, 0.717) is 0 Å². The van der Waals surface area contributed by atoms with Crippen molar-refractivity contribution in [3.05, 3.63) is 41.9 Å². The normalized spacial score (nSPS) is 11.5. The molecule has 0 saturated carbocycles. The number of hydrogen-bond donors (Lipinski definition) is 2. The highest BCUT2D eigenvalue weighted by Gasteiger charge is 2.38. The summed E-state index contributed by atoms with van der Waals surface area (Å²) in [6.07, 6.45) is -2.32. The lowest BCUT2D eigenvalue weighted by molar-refractivity contribution is -0.137. The number of alkyl halides is 3. The number of imidazole rings is 1. The number of halogens is 3. The Kier molecular flexibility index (Phi) is 2.82. The third-order valence-corrected chi connectivity index (χ3v) is 2.37. The van der Waals surface area contributed by atoms with Crippen LogP contribution in [0.2, 0.25) is 0 Å². The Balaban J connectivity index is 2.75. The molecule has 1 aromatic heterocycles. The van der Waals surface area contributed by atoms with Crippen molar-refractivity contribution in [1.82, 2.24) is 9.97 Å². The average molecular weight is 256 g/mol. The van der Waals surface area contributed by atoms with Gasteiger partial charge in [0.05, 0.1) is 29.3 Å². The van der Waals surface area contributed by atoms with Crippen molar-refractivity contribution in [2.45, 2.75) is 6.18 Å². The number of carboxylic acids is 1. The zero-order valence-corrected chi connectivity index (χ0v) is 8.82. The summed E-state index contributed by atoms with van der Waals surface area (Å²) >= 11 is 0. The summed E-state index contributed by atoms with van der Waals surface area (Å²) in [5.74, 6) is -1.62. The van der Waals surface area contributed by atoms with Gasteiger partial charge in [-0.15, -0.1) is 0 Å². The maximum atomic E-state index is 13.0. The van der Waals surface area contributed by atoms with Crippen LogP contribution in [-0.2, 0) is 6.18 Å². The van der Waals surface area contributed by atoms with E-state index in [4.69, 9.17) is 5.11 Å². The third-order valence-electron chi connectivity index (χ3n) is 2.37. The monoisotopic (exact) mass is 256 g/mol. The van der Waals surface area contributed by atoms with Crippen LogP contribution in [0.25, 0.3) is 11.3 Å². The second-order valence-corrected chi connectivity index (χ2v) is 3.50. The number of nitrogens with zero attached hydrogens (tertiary/aromatic N) is 1. The van der Waals surface area contributed by atoms with E-state index in [1.165, 1.54) is 24.7 Å². The van der Waals surface area contributed by atoms with E-state index in [-0.39, 0.29) is 11.3 Å². The minimum atomic E-state index is -4.75. The molecule has 1 heterocycles. The summed E-state index contributed by atoms with van der Waals surface area (Å²) in [5, 5.41) is 8.83. The van der Waals surface area contributed by atoms with Crippen LogP contribution in [0, 0.1) is 0 Å². The SMILES string of the molecule is O=C(O)c1cccc(-c2cnc[nH]2)c1C(F)(F)F. The first-order valence-corrected chi connectivity index (χ1v) is 4.83. The van der Waals surface area contributed by atoms with Crippen LogP contribution in [0.5, 0.6) is 0 Å². The van der Waals surface area contributed by atoms with Gasteiger partial charge in [-0.3, -0.25) is 0 Å². The van der Waals surface area contributed by atoms with Crippen LogP contribution in [0.1, 0.15) is 15.9 Å². The molecule has 2 N–H and O–H groups in total. The molecule has 0 aliphatic rings. The fourth-order valence-electron chi connectivity index (χ4n) is 1.66. The molecule has 0 spiro atoms. The summed E-state index contributed by atoms with van der Waals surface area (Å²) in [7, 11) is 0. The van der Waals surface area contributed by atoms with E-state index in [9.17, 15) is 18.0 Å². The van der Waals surface area contributed by atoms with E-state index in [1.54, 1.807) is 0 Å². The molecule has 18 heavy (non-hydrogen) atoms. The molecule has 0 bridgehead atoms. The Morgan fingerprint density at radius 2 is 2.06 bits per heavy atom. The van der Waals surface area contributed by atoms with E-state index in [0.717, 1.165) is 6.07 Å². The lowest BCUT2D eigenvalue weighted by Crippen LogP contribution is -2.14. The number of carbonyl (C=O) groups is 1. The second-order valence-electron chi connectivity index (χ2n) is 3.50. The van der Waals surface area contributed by atoms with Crippen molar-refractivity contribution in [3.8, 4) is 11.3 Å². The van der Waals surface area contributed by atoms with Gasteiger partial charge < -0.3 is 10.1 Å². The maximum absolute atomic E-state index is 13.0. The second kappa shape index (κ2) is 4.17. The van der Waals surface area contributed by atoms with Gasteiger partial charge in [0.25, 0.3) is 0 Å². The van der Waals surface area contributed by atoms with E-state index < -0.39 is 23.3 Å². The Morgan fingerprint density at radius 3 is 2.56 bits per heavy atom. The zero-order valence-electron chi connectivity index (χ0n) is 8.82. The van der Waals surface area contributed by atoms with Crippen molar-refractivity contribution < 1.29 is 23.1 Å². The summed E-state index contributed by atoms with van der Waals surface area (Å²) < 4.78 is 38.9. The number of rotatable bonds is 2. The molecule has 2 aromatic rings. The van der Waals surface area contributed by atoms with Gasteiger partial charge >= 0.3 is 12.1 Å². The van der Waals surface area contributed by atoms with Crippen molar-refractivity contribution in [1.29, 1.82) is 0 Å². The molecule has 7 heteroatoms. The molecule has 0 aliphatic carbocycles. The number of carboxylic acid groups (broad SMARTS) is 1. The first kappa shape index (κ1) is 12.2. The van der Waals surface area contributed by atoms with Crippen LogP contribution < -0.4 is 0 Å². The largest absolute Gasteiger partial charge is 0.478 e. The van der Waals surface area contributed by atoms with Crippen molar-refractivity contribution in [2.24, 2.45) is 0 Å². The summed E-state index contributed by atoms with van der Waals surface area (Å²) in [5.41, 5.74) is -2.08. The lowest BCUT2D eigenvalue weighted by atomic mass is 9.98. The van der Waals surface area contributed by atoms with Crippen molar-refractivity contribution in [2.75, 3.05) is 0 Å². The van der Waals surface area contributed by atoms with E-state index >= 15 is 0 Å². The zero-order chi connectivity index (χ0) is 13.3. The smallest absolute Gasteiger partial charge is 0.417 e. The summed E-state index contributed by atoms with van der Waals surface area (Å²) in [6.45, 7) is 0. The highest BCUT2D eigenvalue weighted by atomic mass is 19.4. The average Bonchev–Trinajstić information content (AvgIpc) is 2.80. The quantitative estimate of drug-likeness (QED) is 0.868. The minimum absolute atomic E-state index is 0.116. The van der Waals surface area contributed by atoms with Gasteiger partial charge in [0, 0.05) is 5.56 Å². The van der Waals surface area contributed by atoms with Crippen LogP contribution in [0.3, 0.4) is 0 Å². The molecule has 0 saturated heterocycles. The van der Waals surface area contributed by atoms with E-state index in [2.05, 4.69) is 9.97 Å². The van der Waals surface area contributed by atoms with Gasteiger partial charge in [-0.05, 0) is 6.07 Å². The Morgan fingerprint density at radius 1 is 1.33 bits per heavy atom. The first-order valence-electron chi connectivity index (χ1n) is 4.83. The van der Waals surface area contributed by atoms with Gasteiger partial charge in [-0.1, -0.05) is 12.1 Å². The topological polar surface area (TPSA) is 66.0 Å². The van der Waals surface area contributed by atoms with Gasteiger partial charge in [-0.2, -0.15) is 13.2 Å². The number of hydrogen-bond acceptors (Lipinski definition) is 2. The Labute approximate surface area is 99.1 Å². The number of nitrogens with one attached hydrogen (secondary N) is 1. The molecular formula is C11H7F3N2O2. The fourth-order valence-corrected chi connectivity index (χ4v) is 1.66. The van der Waals surface area contributed by atoms with Gasteiger partial charge in [0.2, 0.25) is 0 Å².